The van der Waals surface area contributed by atoms with Crippen LogP contribution in [0, 0.1) is 11.3 Å². The lowest BCUT2D eigenvalue weighted by Crippen LogP contribution is -2.09. The van der Waals surface area contributed by atoms with Gasteiger partial charge in [-0.25, -0.2) is 0 Å². The second kappa shape index (κ2) is 4.00. The zero-order valence-corrected chi connectivity index (χ0v) is 7.78. The van der Waals surface area contributed by atoms with Crippen molar-refractivity contribution in [1.29, 1.82) is 5.26 Å². The van der Waals surface area contributed by atoms with Crippen LogP contribution in [0.15, 0.2) is 23.1 Å². The Morgan fingerprint density at radius 1 is 1.75 bits per heavy atom. The van der Waals surface area contributed by atoms with E-state index in [4.69, 9.17) is 11.0 Å². The monoisotopic (exact) mass is 194 g/mol. The van der Waals surface area contributed by atoms with Crippen LogP contribution < -0.4 is 5.73 Å². The highest BCUT2D eigenvalue weighted by Gasteiger charge is 1.98. The summed E-state index contributed by atoms with van der Waals surface area (Å²) in [7, 11) is 0. The molecule has 0 saturated carbocycles. The Morgan fingerprint density at radius 2 is 2.50 bits per heavy atom. The molecule has 0 radical (unpaired) electrons. The summed E-state index contributed by atoms with van der Waals surface area (Å²) >= 11 is 6.22. The molecule has 0 saturated heterocycles. The van der Waals surface area contributed by atoms with E-state index in [0.29, 0.717) is 5.57 Å². The highest BCUT2D eigenvalue weighted by Crippen LogP contribution is 2.12. The van der Waals surface area contributed by atoms with Gasteiger partial charge in [-0.05, 0) is 17.5 Å². The van der Waals surface area contributed by atoms with Crippen LogP contribution in [-0.2, 0) is 0 Å². The second-order valence-electron chi connectivity index (χ2n) is 2.05. The highest BCUT2D eigenvalue weighted by molar-refractivity contribution is 7.80. The average Bonchev–Trinajstić information content (AvgIpc) is 2.51. The largest absolute Gasteiger partial charge is 0.389 e. The van der Waals surface area contributed by atoms with Gasteiger partial charge in [-0.15, -0.1) is 11.3 Å². The van der Waals surface area contributed by atoms with Gasteiger partial charge in [0.1, 0.15) is 11.1 Å². The number of hydrogen-bond donors (Lipinski definition) is 1. The van der Waals surface area contributed by atoms with Gasteiger partial charge >= 0.3 is 0 Å². The smallest absolute Gasteiger partial charge is 0.114 e. The number of nitrogens with zero attached hydrogens (tertiary/aromatic N) is 1. The molecule has 0 atom stereocenters. The number of nitrogens with two attached hydrogens (primary N) is 1. The molecule has 0 amide bonds. The topological polar surface area (TPSA) is 49.8 Å². The van der Waals surface area contributed by atoms with Crippen LogP contribution in [0.3, 0.4) is 0 Å². The fraction of sp³-hybridized carbons (Fsp3) is 0. The summed E-state index contributed by atoms with van der Waals surface area (Å²) in [5.41, 5.74) is 5.66. The van der Waals surface area contributed by atoms with E-state index >= 15 is 0 Å². The van der Waals surface area contributed by atoms with Crippen LogP contribution in [0.5, 0.6) is 0 Å². The molecule has 0 aliphatic rings. The van der Waals surface area contributed by atoms with Gasteiger partial charge in [0, 0.05) is 4.88 Å². The van der Waals surface area contributed by atoms with E-state index in [2.05, 4.69) is 12.2 Å². The minimum absolute atomic E-state index is 0.144. The first kappa shape index (κ1) is 8.91. The van der Waals surface area contributed by atoms with Gasteiger partial charge < -0.3 is 5.73 Å². The van der Waals surface area contributed by atoms with Crippen molar-refractivity contribution in [3.05, 3.63) is 28.0 Å². The quantitative estimate of drug-likeness (QED) is 0.444. The first-order valence-electron chi connectivity index (χ1n) is 3.19. The van der Waals surface area contributed by atoms with Crippen LogP contribution in [0.1, 0.15) is 4.88 Å². The molecule has 0 aliphatic heterocycles. The average molecular weight is 194 g/mol. The number of thiocarbonyl (C=S) groups is 1. The van der Waals surface area contributed by atoms with Crippen LogP contribution in [0.4, 0.5) is 0 Å². The van der Waals surface area contributed by atoms with Gasteiger partial charge in [-0.2, -0.15) is 5.26 Å². The standard InChI is InChI=1S/C8H6N2S2/c9-5-6(8(10)11)4-7-2-1-3-12-7/h1-4H,(H2,10,11). The van der Waals surface area contributed by atoms with E-state index in [0.717, 1.165) is 4.88 Å². The molecule has 2 N–H and O–H groups in total. The summed E-state index contributed by atoms with van der Waals surface area (Å²) in [5, 5.41) is 10.5. The molecule has 2 nitrogen and oxygen atoms in total. The van der Waals surface area contributed by atoms with Gasteiger partial charge in [0.25, 0.3) is 0 Å². The molecule has 0 bridgehead atoms. The Hall–Kier alpha value is -1.18. The Labute approximate surface area is 79.9 Å². The molecule has 0 unspecified atom stereocenters. The zero-order chi connectivity index (χ0) is 8.97. The predicted octanol–water partition coefficient (Wildman–Crippen LogP) is 1.94. The first-order valence-corrected chi connectivity index (χ1v) is 4.48. The highest BCUT2D eigenvalue weighted by atomic mass is 32.1. The number of hydrogen-bond acceptors (Lipinski definition) is 3. The Kier molecular flexibility index (Phi) is 2.97. The van der Waals surface area contributed by atoms with E-state index in [1.165, 1.54) is 0 Å². The number of rotatable bonds is 2. The maximum absolute atomic E-state index is 8.61. The van der Waals surface area contributed by atoms with Crippen molar-refractivity contribution >= 4 is 34.6 Å². The van der Waals surface area contributed by atoms with Crippen LogP contribution in [-0.4, -0.2) is 4.99 Å². The summed E-state index contributed by atoms with van der Waals surface area (Å²) in [6, 6.07) is 5.75. The molecule has 60 valence electrons. The molecule has 4 heteroatoms. The third-order valence-electron chi connectivity index (χ3n) is 1.22. The van der Waals surface area contributed by atoms with Gasteiger partial charge in [0.15, 0.2) is 0 Å². The van der Waals surface area contributed by atoms with E-state index in [-0.39, 0.29) is 4.99 Å². The summed E-state index contributed by atoms with van der Waals surface area (Å²) in [6.45, 7) is 0. The normalized spacial score (nSPS) is 10.8. The molecule has 0 aromatic carbocycles. The van der Waals surface area contributed by atoms with Gasteiger partial charge in [0.2, 0.25) is 0 Å². The van der Waals surface area contributed by atoms with Gasteiger partial charge in [0.05, 0.1) is 5.57 Å². The summed E-state index contributed by atoms with van der Waals surface area (Å²) in [6.07, 6.45) is 1.69. The van der Waals surface area contributed by atoms with Crippen molar-refractivity contribution in [2.45, 2.75) is 0 Å². The number of thiophene rings is 1. The molecule has 0 spiro atoms. The van der Waals surface area contributed by atoms with E-state index in [9.17, 15) is 0 Å². The van der Waals surface area contributed by atoms with Crippen molar-refractivity contribution in [2.75, 3.05) is 0 Å². The lowest BCUT2D eigenvalue weighted by molar-refractivity contribution is 1.52. The van der Waals surface area contributed by atoms with Crippen LogP contribution in [0.25, 0.3) is 6.08 Å². The second-order valence-corrected chi connectivity index (χ2v) is 3.47. The maximum atomic E-state index is 8.61. The fourth-order valence-corrected chi connectivity index (χ4v) is 1.44. The third-order valence-corrected chi connectivity index (χ3v) is 2.25. The maximum Gasteiger partial charge on any atom is 0.114 e. The minimum Gasteiger partial charge on any atom is -0.389 e. The van der Waals surface area contributed by atoms with Crippen molar-refractivity contribution in [3.8, 4) is 6.07 Å². The van der Waals surface area contributed by atoms with Crippen LogP contribution in [0.2, 0.25) is 0 Å². The summed E-state index contributed by atoms with van der Waals surface area (Å²) in [4.78, 5) is 1.13. The SMILES string of the molecule is N#CC(=Cc1cccs1)C(N)=S. The van der Waals surface area contributed by atoms with E-state index in [1.54, 1.807) is 17.4 Å². The molecule has 1 rings (SSSR count). The lowest BCUT2D eigenvalue weighted by Gasteiger charge is -1.90. The molecular weight excluding hydrogens is 188 g/mol. The Morgan fingerprint density at radius 3 is 2.92 bits per heavy atom. The van der Waals surface area contributed by atoms with Gasteiger partial charge in [-0.3, -0.25) is 0 Å². The molecule has 1 aromatic heterocycles. The summed E-state index contributed by atoms with van der Waals surface area (Å²) < 4.78 is 0. The van der Waals surface area contributed by atoms with Crippen molar-refractivity contribution < 1.29 is 0 Å². The molecule has 1 aromatic rings. The third kappa shape index (κ3) is 2.16. The molecule has 12 heavy (non-hydrogen) atoms. The predicted molar refractivity (Wildman–Crippen MR) is 54.7 cm³/mol. The van der Waals surface area contributed by atoms with Crippen molar-refractivity contribution in [1.82, 2.24) is 0 Å². The summed E-state index contributed by atoms with van der Waals surface area (Å²) in [5.74, 6) is 0. The zero-order valence-electron chi connectivity index (χ0n) is 6.15. The fourth-order valence-electron chi connectivity index (χ4n) is 0.674. The van der Waals surface area contributed by atoms with Gasteiger partial charge in [-0.1, -0.05) is 18.3 Å². The number of nitriles is 1. The minimum atomic E-state index is 0.144. The Bertz CT molecular complexity index is 344. The van der Waals surface area contributed by atoms with Crippen molar-refractivity contribution in [2.24, 2.45) is 5.73 Å². The first-order chi connectivity index (χ1) is 5.74. The molecular formula is C8H6N2S2. The Balaban J connectivity index is 2.95. The van der Waals surface area contributed by atoms with Crippen molar-refractivity contribution in [3.63, 3.8) is 0 Å². The van der Waals surface area contributed by atoms with E-state index in [1.807, 2.05) is 23.6 Å². The molecule has 0 fully saturated rings. The van der Waals surface area contributed by atoms with Crippen LogP contribution >= 0.6 is 23.6 Å². The molecule has 1 heterocycles. The lowest BCUT2D eigenvalue weighted by atomic mass is 10.2. The molecule has 0 aliphatic carbocycles. The van der Waals surface area contributed by atoms with E-state index < -0.39 is 0 Å².